The Morgan fingerprint density at radius 2 is 1.40 bits per heavy atom. The molecule has 0 saturated carbocycles. The molecule has 15 heavy (non-hydrogen) atoms. The molecule has 0 bridgehead atoms. The van der Waals surface area contributed by atoms with E-state index in [0.717, 1.165) is 5.92 Å². The van der Waals surface area contributed by atoms with Gasteiger partial charge in [0.1, 0.15) is 0 Å². The Balaban J connectivity index is 0. The summed E-state index contributed by atoms with van der Waals surface area (Å²) >= 11 is 9.28. The van der Waals surface area contributed by atoms with E-state index in [4.69, 9.17) is 0 Å². The Labute approximate surface area is 105 Å². The standard InChI is InChI=1S/C11H16.2CH3Cl/c1-10(2)8-9-11-6-4-3-5-7-11;2*1-2/h3-7,10H,8-9H2,1-2H3;2*1H3. The minimum atomic E-state index is 0.815. The summed E-state index contributed by atoms with van der Waals surface area (Å²) in [5.74, 6) is 0.815. The SMILES string of the molecule is CC(C)CCc1ccccc1.CCl.CCl. The first kappa shape index (κ1) is 17.2. The average Bonchev–Trinajstić information content (AvgIpc) is 2.33. The Morgan fingerprint density at radius 3 is 1.80 bits per heavy atom. The second-order valence-electron chi connectivity index (χ2n) is 3.42. The molecule has 0 amide bonds. The van der Waals surface area contributed by atoms with Gasteiger partial charge in [-0.1, -0.05) is 44.2 Å². The van der Waals surface area contributed by atoms with Crippen LogP contribution in [0, 0.1) is 5.92 Å². The molecule has 0 aliphatic heterocycles. The third-order valence-electron chi connectivity index (χ3n) is 1.85. The highest BCUT2D eigenvalue weighted by atomic mass is 35.5. The van der Waals surface area contributed by atoms with Gasteiger partial charge in [-0.3, -0.25) is 0 Å². The minimum absolute atomic E-state index is 0.815. The summed E-state index contributed by atoms with van der Waals surface area (Å²) in [6.45, 7) is 4.53. The topological polar surface area (TPSA) is 0 Å². The van der Waals surface area contributed by atoms with Gasteiger partial charge in [-0.2, -0.15) is 0 Å². The van der Waals surface area contributed by atoms with Crippen molar-refractivity contribution in [1.29, 1.82) is 0 Å². The van der Waals surface area contributed by atoms with Crippen molar-refractivity contribution in [3.05, 3.63) is 35.9 Å². The Bertz CT molecular complexity index is 195. The van der Waals surface area contributed by atoms with Crippen molar-refractivity contribution in [3.8, 4) is 0 Å². The Morgan fingerprint density at radius 1 is 0.933 bits per heavy atom. The number of hydrogen-bond acceptors (Lipinski definition) is 0. The van der Waals surface area contributed by atoms with Crippen LogP contribution in [0.15, 0.2) is 30.3 Å². The highest BCUT2D eigenvalue weighted by Crippen LogP contribution is 2.07. The highest BCUT2D eigenvalue weighted by molar-refractivity contribution is 6.15. The van der Waals surface area contributed by atoms with E-state index in [1.165, 1.54) is 31.2 Å². The van der Waals surface area contributed by atoms with Gasteiger partial charge in [-0.15, -0.1) is 23.2 Å². The van der Waals surface area contributed by atoms with E-state index in [1.54, 1.807) is 0 Å². The Kier molecular flexibility index (Phi) is 15.8. The number of benzene rings is 1. The van der Waals surface area contributed by atoms with Gasteiger partial charge in [0.25, 0.3) is 0 Å². The zero-order valence-corrected chi connectivity index (χ0v) is 11.6. The predicted molar refractivity (Wildman–Crippen MR) is 73.2 cm³/mol. The molecule has 0 aromatic heterocycles. The van der Waals surface area contributed by atoms with Crippen LogP contribution < -0.4 is 0 Å². The quantitative estimate of drug-likeness (QED) is 0.662. The summed E-state index contributed by atoms with van der Waals surface area (Å²) in [7, 11) is 0. The molecule has 0 unspecified atom stereocenters. The van der Waals surface area contributed by atoms with Gasteiger partial charge in [0.2, 0.25) is 0 Å². The van der Waals surface area contributed by atoms with Gasteiger partial charge in [0.05, 0.1) is 0 Å². The third kappa shape index (κ3) is 11.7. The molecule has 1 rings (SSSR count). The van der Waals surface area contributed by atoms with Crippen LogP contribution in [-0.4, -0.2) is 12.8 Å². The van der Waals surface area contributed by atoms with E-state index in [-0.39, 0.29) is 0 Å². The van der Waals surface area contributed by atoms with Crippen molar-refractivity contribution in [2.24, 2.45) is 5.92 Å². The predicted octanol–water partition coefficient (Wildman–Crippen LogP) is 4.99. The smallest absolute Gasteiger partial charge is 0.0108 e. The maximum absolute atomic E-state index is 4.64. The van der Waals surface area contributed by atoms with Gasteiger partial charge in [0, 0.05) is 12.8 Å². The van der Waals surface area contributed by atoms with Crippen LogP contribution in [0.4, 0.5) is 0 Å². The zero-order chi connectivity index (χ0) is 12.1. The lowest BCUT2D eigenvalue weighted by molar-refractivity contribution is 0.587. The van der Waals surface area contributed by atoms with E-state index in [9.17, 15) is 0 Å². The molecule has 0 saturated heterocycles. The summed E-state index contributed by atoms with van der Waals surface area (Å²) in [4.78, 5) is 0. The lowest BCUT2D eigenvalue weighted by Crippen LogP contribution is -1.91. The number of halogens is 2. The zero-order valence-electron chi connectivity index (χ0n) is 10.1. The monoisotopic (exact) mass is 248 g/mol. The molecule has 1 aromatic carbocycles. The fourth-order valence-corrected chi connectivity index (χ4v) is 1.10. The lowest BCUT2D eigenvalue weighted by atomic mass is 10.0. The van der Waals surface area contributed by atoms with Crippen molar-refractivity contribution < 1.29 is 0 Å². The van der Waals surface area contributed by atoms with Crippen molar-refractivity contribution in [3.63, 3.8) is 0 Å². The first-order chi connectivity index (χ1) is 7.29. The van der Waals surface area contributed by atoms with Gasteiger partial charge < -0.3 is 0 Å². The van der Waals surface area contributed by atoms with Gasteiger partial charge in [0.15, 0.2) is 0 Å². The molecule has 0 fully saturated rings. The molecule has 88 valence electrons. The van der Waals surface area contributed by atoms with Crippen LogP contribution in [0.1, 0.15) is 25.8 Å². The molecular formula is C13H22Cl2. The second-order valence-corrected chi connectivity index (χ2v) is 3.42. The molecule has 1 aromatic rings. The molecular weight excluding hydrogens is 227 g/mol. The second kappa shape index (κ2) is 13.8. The summed E-state index contributed by atoms with van der Waals surface area (Å²) in [6, 6.07) is 10.7. The molecule has 0 aliphatic rings. The summed E-state index contributed by atoms with van der Waals surface area (Å²) in [5.41, 5.74) is 1.46. The number of hydrogen-bond donors (Lipinski definition) is 0. The highest BCUT2D eigenvalue weighted by Gasteiger charge is 1.94. The summed E-state index contributed by atoms with van der Waals surface area (Å²) < 4.78 is 0. The van der Waals surface area contributed by atoms with Crippen LogP contribution >= 0.6 is 23.2 Å². The minimum Gasteiger partial charge on any atom is -0.130 e. The normalized spacial score (nSPS) is 8.47. The van der Waals surface area contributed by atoms with Gasteiger partial charge in [-0.05, 0) is 24.3 Å². The lowest BCUT2D eigenvalue weighted by Gasteiger charge is -2.03. The molecule has 0 radical (unpaired) electrons. The largest absolute Gasteiger partial charge is 0.130 e. The first-order valence-electron chi connectivity index (χ1n) is 5.08. The molecule has 0 heterocycles. The number of aryl methyl sites for hydroxylation is 1. The molecule has 0 nitrogen and oxygen atoms in total. The number of rotatable bonds is 3. The van der Waals surface area contributed by atoms with Crippen molar-refractivity contribution in [2.45, 2.75) is 26.7 Å². The van der Waals surface area contributed by atoms with Crippen molar-refractivity contribution in [1.82, 2.24) is 0 Å². The van der Waals surface area contributed by atoms with Crippen LogP contribution in [0.5, 0.6) is 0 Å². The number of alkyl halides is 2. The fraction of sp³-hybridized carbons (Fsp3) is 0.538. The Hall–Kier alpha value is -0.200. The van der Waals surface area contributed by atoms with Crippen LogP contribution in [0.3, 0.4) is 0 Å². The summed E-state index contributed by atoms with van der Waals surface area (Å²) in [6.07, 6.45) is 5.46. The molecule has 0 aliphatic carbocycles. The summed E-state index contributed by atoms with van der Waals surface area (Å²) in [5, 5.41) is 0. The van der Waals surface area contributed by atoms with E-state index >= 15 is 0 Å². The molecule has 0 spiro atoms. The van der Waals surface area contributed by atoms with E-state index < -0.39 is 0 Å². The third-order valence-corrected chi connectivity index (χ3v) is 1.85. The average molecular weight is 249 g/mol. The maximum Gasteiger partial charge on any atom is 0.0108 e. The molecule has 2 heteroatoms. The van der Waals surface area contributed by atoms with Crippen LogP contribution in [0.2, 0.25) is 0 Å². The van der Waals surface area contributed by atoms with E-state index in [2.05, 4.69) is 67.4 Å². The van der Waals surface area contributed by atoms with Gasteiger partial charge >= 0.3 is 0 Å². The van der Waals surface area contributed by atoms with Crippen LogP contribution in [-0.2, 0) is 6.42 Å². The fourth-order valence-electron chi connectivity index (χ4n) is 1.10. The van der Waals surface area contributed by atoms with E-state index in [1.807, 2.05) is 0 Å². The molecule has 0 N–H and O–H groups in total. The van der Waals surface area contributed by atoms with E-state index in [0.29, 0.717) is 0 Å². The van der Waals surface area contributed by atoms with Crippen molar-refractivity contribution >= 4 is 23.2 Å². The maximum atomic E-state index is 4.64. The molecule has 0 atom stereocenters. The first-order valence-corrected chi connectivity index (χ1v) is 6.59. The van der Waals surface area contributed by atoms with Crippen molar-refractivity contribution in [2.75, 3.05) is 12.8 Å². The van der Waals surface area contributed by atoms with Gasteiger partial charge in [-0.25, -0.2) is 0 Å². The van der Waals surface area contributed by atoms with Crippen LogP contribution in [0.25, 0.3) is 0 Å².